The van der Waals surface area contributed by atoms with Crippen molar-refractivity contribution < 1.29 is 0 Å². The first-order valence-corrected chi connectivity index (χ1v) is 5.20. The first kappa shape index (κ1) is 9.77. The van der Waals surface area contributed by atoms with Crippen molar-refractivity contribution in [2.24, 2.45) is 0 Å². The van der Waals surface area contributed by atoms with Crippen molar-refractivity contribution in [2.75, 3.05) is 5.73 Å². The molecule has 3 heteroatoms. The lowest BCUT2D eigenvalue weighted by atomic mass is 10.0. The monoisotopic (exact) mass is 201 g/mol. The quantitative estimate of drug-likeness (QED) is 0.750. The first-order chi connectivity index (χ1) is 7.33. The van der Waals surface area contributed by atoms with Crippen molar-refractivity contribution in [1.82, 2.24) is 10.2 Å². The van der Waals surface area contributed by atoms with Crippen LogP contribution in [0.5, 0.6) is 0 Å². The Bertz CT molecular complexity index is 446. The highest BCUT2D eigenvalue weighted by Gasteiger charge is 2.08. The van der Waals surface area contributed by atoms with E-state index in [1.54, 1.807) is 0 Å². The van der Waals surface area contributed by atoms with E-state index in [0.29, 0.717) is 0 Å². The lowest BCUT2D eigenvalue weighted by molar-refractivity contribution is 0.868. The largest absolute Gasteiger partial charge is 0.398 e. The molecule has 0 amide bonds. The number of rotatable bonds is 3. The Kier molecular flexibility index (Phi) is 2.72. The molecule has 0 radical (unpaired) electrons. The summed E-state index contributed by atoms with van der Waals surface area (Å²) in [5, 5.41) is 7.10. The van der Waals surface area contributed by atoms with Gasteiger partial charge in [-0.25, -0.2) is 0 Å². The molecule has 0 fully saturated rings. The maximum Gasteiger partial charge on any atom is 0.0569 e. The van der Waals surface area contributed by atoms with E-state index in [1.807, 2.05) is 30.5 Å². The van der Waals surface area contributed by atoms with Crippen LogP contribution in [0.3, 0.4) is 0 Å². The molecule has 0 aliphatic heterocycles. The standard InChI is InChI=1S/C12H15N3/c1-2-5-12-10(8-14-15-12)9-6-3-4-7-11(9)13/h3-4,6-8H,2,5,13H2,1H3,(H,14,15). The predicted octanol–water partition coefficient (Wildman–Crippen LogP) is 2.61. The van der Waals surface area contributed by atoms with Crippen LogP contribution in [0, 0.1) is 0 Å². The molecule has 3 nitrogen and oxygen atoms in total. The molecule has 1 aromatic carbocycles. The summed E-state index contributed by atoms with van der Waals surface area (Å²) in [4.78, 5) is 0. The Balaban J connectivity index is 2.45. The molecule has 0 saturated heterocycles. The first-order valence-electron chi connectivity index (χ1n) is 5.20. The molecule has 0 spiro atoms. The number of nitrogen functional groups attached to an aromatic ring is 1. The van der Waals surface area contributed by atoms with Gasteiger partial charge in [0.2, 0.25) is 0 Å². The van der Waals surface area contributed by atoms with Crippen LogP contribution >= 0.6 is 0 Å². The fraction of sp³-hybridized carbons (Fsp3) is 0.250. The van der Waals surface area contributed by atoms with Crippen molar-refractivity contribution in [3.8, 4) is 11.1 Å². The number of nitrogens with two attached hydrogens (primary N) is 1. The van der Waals surface area contributed by atoms with Gasteiger partial charge < -0.3 is 5.73 Å². The van der Waals surface area contributed by atoms with Crippen LogP contribution in [0.1, 0.15) is 19.0 Å². The number of hydrogen-bond donors (Lipinski definition) is 2. The van der Waals surface area contributed by atoms with Crippen LogP contribution in [0.2, 0.25) is 0 Å². The van der Waals surface area contributed by atoms with Crippen LogP contribution in [0.4, 0.5) is 5.69 Å². The molecule has 0 aliphatic carbocycles. The molecular weight excluding hydrogens is 186 g/mol. The van der Waals surface area contributed by atoms with E-state index in [0.717, 1.165) is 35.3 Å². The molecule has 2 aromatic rings. The van der Waals surface area contributed by atoms with Gasteiger partial charge in [0, 0.05) is 22.5 Å². The van der Waals surface area contributed by atoms with E-state index in [9.17, 15) is 0 Å². The molecule has 78 valence electrons. The third-order valence-electron chi connectivity index (χ3n) is 2.47. The second kappa shape index (κ2) is 4.17. The molecule has 1 heterocycles. The van der Waals surface area contributed by atoms with E-state index in [2.05, 4.69) is 17.1 Å². The molecule has 0 unspecified atom stereocenters. The van der Waals surface area contributed by atoms with E-state index in [4.69, 9.17) is 5.73 Å². The molecule has 1 aromatic heterocycles. The molecule has 2 rings (SSSR count). The molecule has 0 atom stereocenters. The lowest BCUT2D eigenvalue weighted by Gasteiger charge is -2.05. The number of hydrogen-bond acceptors (Lipinski definition) is 2. The summed E-state index contributed by atoms with van der Waals surface area (Å²) in [6.45, 7) is 2.15. The van der Waals surface area contributed by atoms with Crippen LogP contribution in [-0.4, -0.2) is 10.2 Å². The minimum Gasteiger partial charge on any atom is -0.398 e. The highest BCUT2D eigenvalue weighted by atomic mass is 15.1. The fourth-order valence-corrected chi connectivity index (χ4v) is 1.73. The minimum atomic E-state index is 0.802. The second-order valence-corrected chi connectivity index (χ2v) is 3.60. The van der Waals surface area contributed by atoms with Gasteiger partial charge in [0.05, 0.1) is 6.20 Å². The predicted molar refractivity (Wildman–Crippen MR) is 62.4 cm³/mol. The van der Waals surface area contributed by atoms with Gasteiger partial charge >= 0.3 is 0 Å². The van der Waals surface area contributed by atoms with Gasteiger partial charge in [-0.15, -0.1) is 0 Å². The zero-order valence-electron chi connectivity index (χ0n) is 8.83. The Hall–Kier alpha value is -1.77. The van der Waals surface area contributed by atoms with Gasteiger partial charge in [-0.05, 0) is 12.5 Å². The number of nitrogens with zero attached hydrogens (tertiary/aromatic N) is 1. The summed E-state index contributed by atoms with van der Waals surface area (Å²) in [7, 11) is 0. The summed E-state index contributed by atoms with van der Waals surface area (Å²) in [5.74, 6) is 0. The Morgan fingerprint density at radius 3 is 2.80 bits per heavy atom. The number of aryl methyl sites for hydroxylation is 1. The molecule has 0 bridgehead atoms. The van der Waals surface area contributed by atoms with E-state index in [-0.39, 0.29) is 0 Å². The minimum absolute atomic E-state index is 0.802. The smallest absolute Gasteiger partial charge is 0.0569 e. The number of aromatic amines is 1. The number of nitrogens with one attached hydrogen (secondary N) is 1. The van der Waals surface area contributed by atoms with Crippen molar-refractivity contribution in [1.29, 1.82) is 0 Å². The Morgan fingerprint density at radius 1 is 1.27 bits per heavy atom. The number of para-hydroxylation sites is 1. The van der Waals surface area contributed by atoms with Gasteiger partial charge in [-0.1, -0.05) is 31.5 Å². The zero-order chi connectivity index (χ0) is 10.7. The van der Waals surface area contributed by atoms with Gasteiger partial charge in [-0.3, -0.25) is 5.10 Å². The maximum absolute atomic E-state index is 5.94. The van der Waals surface area contributed by atoms with Gasteiger partial charge in [-0.2, -0.15) is 5.10 Å². The van der Waals surface area contributed by atoms with Crippen molar-refractivity contribution >= 4 is 5.69 Å². The van der Waals surface area contributed by atoms with E-state index < -0.39 is 0 Å². The molecule has 0 saturated carbocycles. The lowest BCUT2D eigenvalue weighted by Crippen LogP contribution is -1.92. The fourth-order valence-electron chi connectivity index (χ4n) is 1.73. The third kappa shape index (κ3) is 1.86. The highest BCUT2D eigenvalue weighted by Crippen LogP contribution is 2.27. The Morgan fingerprint density at radius 2 is 2.07 bits per heavy atom. The zero-order valence-corrected chi connectivity index (χ0v) is 8.83. The van der Waals surface area contributed by atoms with Crippen molar-refractivity contribution in [3.05, 3.63) is 36.2 Å². The van der Waals surface area contributed by atoms with Crippen molar-refractivity contribution in [2.45, 2.75) is 19.8 Å². The average Bonchev–Trinajstić information content (AvgIpc) is 2.67. The Labute approximate surface area is 89.3 Å². The van der Waals surface area contributed by atoms with Crippen LogP contribution in [-0.2, 0) is 6.42 Å². The molecule has 0 aliphatic rings. The van der Waals surface area contributed by atoms with Gasteiger partial charge in [0.25, 0.3) is 0 Å². The summed E-state index contributed by atoms with van der Waals surface area (Å²) < 4.78 is 0. The van der Waals surface area contributed by atoms with Crippen LogP contribution < -0.4 is 5.73 Å². The highest BCUT2D eigenvalue weighted by molar-refractivity contribution is 5.77. The van der Waals surface area contributed by atoms with E-state index >= 15 is 0 Å². The topological polar surface area (TPSA) is 54.7 Å². The second-order valence-electron chi connectivity index (χ2n) is 3.60. The molecule has 15 heavy (non-hydrogen) atoms. The number of anilines is 1. The number of H-pyrrole nitrogens is 1. The van der Waals surface area contributed by atoms with E-state index in [1.165, 1.54) is 0 Å². The summed E-state index contributed by atoms with van der Waals surface area (Å²) in [5.41, 5.74) is 10.1. The number of aromatic nitrogens is 2. The summed E-state index contributed by atoms with van der Waals surface area (Å²) >= 11 is 0. The third-order valence-corrected chi connectivity index (χ3v) is 2.47. The summed E-state index contributed by atoms with van der Waals surface area (Å²) in [6, 6.07) is 7.88. The van der Waals surface area contributed by atoms with Gasteiger partial charge in [0.1, 0.15) is 0 Å². The normalized spacial score (nSPS) is 10.5. The average molecular weight is 201 g/mol. The number of benzene rings is 1. The molecule has 3 N–H and O–H groups in total. The summed E-state index contributed by atoms with van der Waals surface area (Å²) in [6.07, 6.45) is 3.95. The van der Waals surface area contributed by atoms with Crippen molar-refractivity contribution in [3.63, 3.8) is 0 Å². The maximum atomic E-state index is 5.94. The van der Waals surface area contributed by atoms with Gasteiger partial charge in [0.15, 0.2) is 0 Å². The van der Waals surface area contributed by atoms with Crippen LogP contribution in [0.25, 0.3) is 11.1 Å². The van der Waals surface area contributed by atoms with Crippen LogP contribution in [0.15, 0.2) is 30.5 Å². The molecular formula is C12H15N3. The SMILES string of the molecule is CCCc1[nH]ncc1-c1ccccc1N.